The zero-order chi connectivity index (χ0) is 12.3. The molecule has 100 valence electrons. The molecular weight excluding hydrogens is 214 g/mol. The lowest BCUT2D eigenvalue weighted by atomic mass is 9.97. The molecule has 0 aromatic carbocycles. The molecule has 1 unspecified atom stereocenters. The lowest BCUT2D eigenvalue weighted by Crippen LogP contribution is -2.55. The van der Waals surface area contributed by atoms with Crippen LogP contribution in [0.1, 0.15) is 46.0 Å². The fourth-order valence-corrected chi connectivity index (χ4v) is 3.19. The first-order valence-electron chi connectivity index (χ1n) is 7.09. The first-order chi connectivity index (χ1) is 8.08. The number of rotatable bonds is 4. The largest absolute Gasteiger partial charge is 0.392 e. The third-order valence-electron chi connectivity index (χ3n) is 4.33. The molecule has 2 fully saturated rings. The van der Waals surface area contributed by atoms with Gasteiger partial charge in [0.2, 0.25) is 0 Å². The minimum atomic E-state index is -0.157. The summed E-state index contributed by atoms with van der Waals surface area (Å²) >= 11 is 0. The summed E-state index contributed by atoms with van der Waals surface area (Å²) < 4.78 is 5.51. The van der Waals surface area contributed by atoms with Crippen LogP contribution in [0.25, 0.3) is 0 Å². The maximum absolute atomic E-state index is 10.2. The smallest absolute Gasteiger partial charge is 0.0670 e. The second-order valence-electron chi connectivity index (χ2n) is 6.35. The van der Waals surface area contributed by atoms with Crippen LogP contribution >= 0.6 is 0 Å². The standard InChI is InChI=1S/C14H27NO2/c1-14(2)11-17-8-7-15(14)10-13(16)9-12-5-3-4-6-12/h12-13,16H,3-11H2,1-2H3. The molecule has 1 N–H and O–H groups in total. The Morgan fingerprint density at radius 3 is 2.71 bits per heavy atom. The van der Waals surface area contributed by atoms with Gasteiger partial charge in [0.15, 0.2) is 0 Å². The van der Waals surface area contributed by atoms with Crippen LogP contribution < -0.4 is 0 Å². The van der Waals surface area contributed by atoms with Crippen molar-refractivity contribution in [2.24, 2.45) is 5.92 Å². The van der Waals surface area contributed by atoms with Crippen LogP contribution in [0.15, 0.2) is 0 Å². The summed E-state index contributed by atoms with van der Waals surface area (Å²) in [6.07, 6.45) is 6.21. The number of aliphatic hydroxyl groups excluding tert-OH is 1. The number of nitrogens with zero attached hydrogens (tertiary/aromatic N) is 1. The second kappa shape index (κ2) is 5.68. The summed E-state index contributed by atoms with van der Waals surface area (Å²) in [7, 11) is 0. The molecule has 1 saturated carbocycles. The normalized spacial score (nSPS) is 28.4. The molecule has 1 heterocycles. The molecule has 0 bridgehead atoms. The second-order valence-corrected chi connectivity index (χ2v) is 6.35. The third-order valence-corrected chi connectivity index (χ3v) is 4.33. The fraction of sp³-hybridized carbons (Fsp3) is 1.00. The van der Waals surface area contributed by atoms with Gasteiger partial charge in [-0.15, -0.1) is 0 Å². The summed E-state index contributed by atoms with van der Waals surface area (Å²) in [5, 5.41) is 10.2. The van der Waals surface area contributed by atoms with Gasteiger partial charge in [-0.05, 0) is 26.2 Å². The van der Waals surface area contributed by atoms with E-state index in [1.165, 1.54) is 25.7 Å². The Hall–Kier alpha value is -0.120. The van der Waals surface area contributed by atoms with Gasteiger partial charge in [0.25, 0.3) is 0 Å². The predicted molar refractivity (Wildman–Crippen MR) is 69.1 cm³/mol. The van der Waals surface area contributed by atoms with Crippen LogP contribution in [-0.4, -0.2) is 48.0 Å². The Bertz CT molecular complexity index is 236. The van der Waals surface area contributed by atoms with Crippen molar-refractivity contribution in [1.29, 1.82) is 0 Å². The first kappa shape index (κ1) is 13.3. The van der Waals surface area contributed by atoms with Gasteiger partial charge < -0.3 is 9.84 Å². The molecule has 3 heteroatoms. The molecule has 0 aromatic heterocycles. The Balaban J connectivity index is 1.78. The van der Waals surface area contributed by atoms with Crippen molar-refractivity contribution in [2.75, 3.05) is 26.3 Å². The average molecular weight is 241 g/mol. The SMILES string of the molecule is CC1(C)COCCN1CC(O)CC1CCCC1. The zero-order valence-electron chi connectivity index (χ0n) is 11.3. The summed E-state index contributed by atoms with van der Waals surface area (Å²) in [5.74, 6) is 0.772. The van der Waals surface area contributed by atoms with Crippen LogP contribution in [0.3, 0.4) is 0 Å². The van der Waals surface area contributed by atoms with Gasteiger partial charge in [0.05, 0.1) is 19.3 Å². The summed E-state index contributed by atoms with van der Waals surface area (Å²) in [5.41, 5.74) is 0.0783. The summed E-state index contributed by atoms with van der Waals surface area (Å²) in [6.45, 7) is 7.76. The van der Waals surface area contributed by atoms with E-state index in [9.17, 15) is 5.11 Å². The van der Waals surface area contributed by atoms with Gasteiger partial charge in [0.1, 0.15) is 0 Å². The predicted octanol–water partition coefficient (Wildman–Crippen LogP) is 2.04. The van der Waals surface area contributed by atoms with Gasteiger partial charge in [-0.2, -0.15) is 0 Å². The minimum absolute atomic E-state index is 0.0783. The molecule has 3 nitrogen and oxygen atoms in total. The quantitative estimate of drug-likeness (QED) is 0.817. The van der Waals surface area contributed by atoms with Crippen molar-refractivity contribution in [3.63, 3.8) is 0 Å². The highest BCUT2D eigenvalue weighted by Gasteiger charge is 2.32. The van der Waals surface area contributed by atoms with E-state index >= 15 is 0 Å². The van der Waals surface area contributed by atoms with Crippen molar-refractivity contribution in [1.82, 2.24) is 4.90 Å². The Morgan fingerprint density at radius 1 is 1.35 bits per heavy atom. The van der Waals surface area contributed by atoms with Gasteiger partial charge in [-0.3, -0.25) is 4.90 Å². The molecule has 1 aliphatic carbocycles. The molecular formula is C14H27NO2. The summed E-state index contributed by atoms with van der Waals surface area (Å²) in [6, 6.07) is 0. The van der Waals surface area contributed by atoms with E-state index in [-0.39, 0.29) is 11.6 Å². The van der Waals surface area contributed by atoms with Crippen LogP contribution in [0.4, 0.5) is 0 Å². The number of hydrogen-bond acceptors (Lipinski definition) is 3. The lowest BCUT2D eigenvalue weighted by molar-refractivity contribution is -0.0683. The Morgan fingerprint density at radius 2 is 2.06 bits per heavy atom. The zero-order valence-corrected chi connectivity index (χ0v) is 11.3. The highest BCUT2D eigenvalue weighted by Crippen LogP contribution is 2.29. The molecule has 0 amide bonds. The highest BCUT2D eigenvalue weighted by atomic mass is 16.5. The van der Waals surface area contributed by atoms with E-state index in [2.05, 4.69) is 18.7 Å². The van der Waals surface area contributed by atoms with E-state index < -0.39 is 0 Å². The average Bonchev–Trinajstić information content (AvgIpc) is 2.73. The molecule has 1 atom stereocenters. The van der Waals surface area contributed by atoms with E-state index in [4.69, 9.17) is 4.74 Å². The maximum atomic E-state index is 10.2. The molecule has 1 saturated heterocycles. The van der Waals surface area contributed by atoms with Gasteiger partial charge in [0, 0.05) is 18.6 Å². The van der Waals surface area contributed by atoms with Gasteiger partial charge in [-0.25, -0.2) is 0 Å². The van der Waals surface area contributed by atoms with Crippen LogP contribution in [0.5, 0.6) is 0 Å². The van der Waals surface area contributed by atoms with Crippen molar-refractivity contribution in [3.05, 3.63) is 0 Å². The molecule has 0 aromatic rings. The minimum Gasteiger partial charge on any atom is -0.392 e. The molecule has 17 heavy (non-hydrogen) atoms. The number of aliphatic hydroxyl groups is 1. The van der Waals surface area contributed by atoms with Crippen LogP contribution in [-0.2, 0) is 4.74 Å². The summed E-state index contributed by atoms with van der Waals surface area (Å²) in [4.78, 5) is 2.39. The van der Waals surface area contributed by atoms with Crippen molar-refractivity contribution < 1.29 is 9.84 Å². The monoisotopic (exact) mass is 241 g/mol. The van der Waals surface area contributed by atoms with E-state index in [0.717, 1.165) is 38.6 Å². The topological polar surface area (TPSA) is 32.7 Å². The number of hydrogen-bond donors (Lipinski definition) is 1. The fourth-order valence-electron chi connectivity index (χ4n) is 3.19. The third kappa shape index (κ3) is 3.67. The van der Waals surface area contributed by atoms with Crippen LogP contribution in [0, 0.1) is 5.92 Å². The van der Waals surface area contributed by atoms with Crippen LogP contribution in [0.2, 0.25) is 0 Å². The van der Waals surface area contributed by atoms with E-state index in [1.54, 1.807) is 0 Å². The first-order valence-corrected chi connectivity index (χ1v) is 7.09. The maximum Gasteiger partial charge on any atom is 0.0670 e. The highest BCUT2D eigenvalue weighted by molar-refractivity contribution is 4.86. The molecule has 0 radical (unpaired) electrons. The molecule has 2 aliphatic rings. The number of morpholine rings is 1. The Kier molecular flexibility index (Phi) is 4.45. The van der Waals surface area contributed by atoms with E-state index in [1.807, 2.05) is 0 Å². The van der Waals surface area contributed by atoms with Crippen molar-refractivity contribution >= 4 is 0 Å². The number of ether oxygens (including phenoxy) is 1. The van der Waals surface area contributed by atoms with Crippen molar-refractivity contribution in [3.8, 4) is 0 Å². The molecule has 1 aliphatic heterocycles. The van der Waals surface area contributed by atoms with E-state index in [0.29, 0.717) is 0 Å². The lowest BCUT2D eigenvalue weighted by Gasteiger charge is -2.43. The number of β-amino-alcohol motifs (C(OH)–C–C–N with tert-alkyl or cyclic N) is 1. The van der Waals surface area contributed by atoms with Gasteiger partial charge >= 0.3 is 0 Å². The molecule has 2 rings (SSSR count). The molecule has 0 spiro atoms. The van der Waals surface area contributed by atoms with Gasteiger partial charge in [-0.1, -0.05) is 25.7 Å². The van der Waals surface area contributed by atoms with Crippen molar-refractivity contribution in [2.45, 2.75) is 57.6 Å². The Labute approximate surface area is 105 Å².